The van der Waals surface area contributed by atoms with Crippen LogP contribution in [0.5, 0.6) is 0 Å². The second-order valence-corrected chi connectivity index (χ2v) is 3.66. The molecule has 92 valence electrons. The van der Waals surface area contributed by atoms with E-state index in [4.69, 9.17) is 9.84 Å². The summed E-state index contributed by atoms with van der Waals surface area (Å²) in [4.78, 5) is 22.6. The van der Waals surface area contributed by atoms with E-state index >= 15 is 0 Å². The van der Waals surface area contributed by atoms with Crippen molar-refractivity contribution in [2.24, 2.45) is 0 Å². The van der Waals surface area contributed by atoms with Gasteiger partial charge in [-0.15, -0.1) is 0 Å². The summed E-state index contributed by atoms with van der Waals surface area (Å²) in [5, 5.41) is 11.3. The van der Waals surface area contributed by atoms with Crippen molar-refractivity contribution in [2.45, 2.75) is 31.4 Å². The van der Waals surface area contributed by atoms with Crippen LogP contribution in [0.1, 0.15) is 19.3 Å². The van der Waals surface area contributed by atoms with Gasteiger partial charge in [0.05, 0.1) is 26.2 Å². The lowest BCUT2D eigenvalue weighted by atomic mass is 10.1. The third-order valence-electron chi connectivity index (χ3n) is 2.44. The van der Waals surface area contributed by atoms with E-state index in [1.165, 1.54) is 7.11 Å². The summed E-state index contributed by atoms with van der Waals surface area (Å²) in [6.07, 6.45) is 1.96. The maximum Gasteiger partial charge on any atom is 0.330 e. The zero-order valence-electron chi connectivity index (χ0n) is 9.27. The molecule has 16 heavy (non-hydrogen) atoms. The fraction of sp³-hybridized carbons (Fsp3) is 0.800. The minimum atomic E-state index is -0.987. The Kier molecular flexibility index (Phi) is 5.21. The molecular weight excluding hydrogens is 214 g/mol. The van der Waals surface area contributed by atoms with Crippen LogP contribution in [0.2, 0.25) is 0 Å². The maximum absolute atomic E-state index is 11.5. The Balaban J connectivity index is 2.33. The summed E-state index contributed by atoms with van der Waals surface area (Å²) in [7, 11) is 1.21. The van der Waals surface area contributed by atoms with Crippen LogP contribution in [0, 0.1) is 0 Å². The van der Waals surface area contributed by atoms with Gasteiger partial charge in [-0.2, -0.15) is 0 Å². The van der Waals surface area contributed by atoms with Crippen molar-refractivity contribution in [3.05, 3.63) is 0 Å². The van der Waals surface area contributed by atoms with Gasteiger partial charge in [-0.25, -0.2) is 4.79 Å². The molecule has 0 aromatic heterocycles. The highest BCUT2D eigenvalue weighted by atomic mass is 16.5. The van der Waals surface area contributed by atoms with Gasteiger partial charge >= 0.3 is 5.97 Å². The average Bonchev–Trinajstić information content (AvgIpc) is 2.77. The van der Waals surface area contributed by atoms with Crippen LogP contribution in [-0.2, 0) is 19.1 Å². The van der Waals surface area contributed by atoms with E-state index < -0.39 is 18.6 Å². The number of aliphatic hydroxyl groups is 1. The van der Waals surface area contributed by atoms with Gasteiger partial charge in [0, 0.05) is 6.61 Å². The summed E-state index contributed by atoms with van der Waals surface area (Å²) < 4.78 is 9.72. The van der Waals surface area contributed by atoms with Crippen LogP contribution < -0.4 is 5.32 Å². The van der Waals surface area contributed by atoms with Crippen LogP contribution in [-0.4, -0.2) is 49.5 Å². The van der Waals surface area contributed by atoms with Crippen LogP contribution in [0.3, 0.4) is 0 Å². The predicted octanol–water partition coefficient (Wildman–Crippen LogP) is -0.794. The summed E-state index contributed by atoms with van der Waals surface area (Å²) in [5.41, 5.74) is 0. The molecule has 0 aliphatic carbocycles. The monoisotopic (exact) mass is 231 g/mol. The van der Waals surface area contributed by atoms with Crippen molar-refractivity contribution in [3.8, 4) is 0 Å². The molecular formula is C10H17NO5. The number of hydrogen-bond donors (Lipinski definition) is 2. The molecule has 1 aliphatic heterocycles. The Bertz CT molecular complexity index is 250. The molecule has 0 radical (unpaired) electrons. The Morgan fingerprint density at radius 1 is 1.62 bits per heavy atom. The number of amides is 1. The first kappa shape index (κ1) is 12.9. The number of rotatable bonds is 5. The van der Waals surface area contributed by atoms with Crippen LogP contribution in [0.25, 0.3) is 0 Å². The van der Waals surface area contributed by atoms with E-state index in [1.807, 2.05) is 0 Å². The molecule has 0 aromatic rings. The number of esters is 1. The van der Waals surface area contributed by atoms with Crippen LogP contribution >= 0.6 is 0 Å². The van der Waals surface area contributed by atoms with E-state index in [0.717, 1.165) is 12.8 Å². The van der Waals surface area contributed by atoms with Crippen LogP contribution in [0.4, 0.5) is 0 Å². The number of methoxy groups -OCH3 is 1. The number of ether oxygens (including phenoxy) is 2. The molecule has 6 heteroatoms. The van der Waals surface area contributed by atoms with Gasteiger partial charge in [0.2, 0.25) is 5.91 Å². The number of hydrogen-bond acceptors (Lipinski definition) is 5. The second kappa shape index (κ2) is 6.44. The summed E-state index contributed by atoms with van der Waals surface area (Å²) in [5.74, 6) is -0.959. The van der Waals surface area contributed by atoms with Gasteiger partial charge in [0.15, 0.2) is 6.04 Å². The largest absolute Gasteiger partial charge is 0.467 e. The molecule has 0 saturated carbocycles. The van der Waals surface area contributed by atoms with Crippen molar-refractivity contribution in [1.29, 1.82) is 0 Å². The molecule has 2 atom stereocenters. The van der Waals surface area contributed by atoms with Gasteiger partial charge < -0.3 is 19.9 Å². The standard InChI is InChI=1S/C10H17NO5/c1-15-10(14)8(6-12)11-9(13)5-7-3-2-4-16-7/h7-8,12H,2-6H2,1H3,(H,11,13). The molecule has 1 heterocycles. The smallest absolute Gasteiger partial charge is 0.330 e. The fourth-order valence-corrected chi connectivity index (χ4v) is 1.59. The van der Waals surface area contributed by atoms with Crippen molar-refractivity contribution in [3.63, 3.8) is 0 Å². The number of carbonyl (C=O) groups excluding carboxylic acids is 2. The van der Waals surface area contributed by atoms with Gasteiger partial charge in [-0.05, 0) is 12.8 Å². The third-order valence-corrected chi connectivity index (χ3v) is 2.44. The van der Waals surface area contributed by atoms with E-state index in [1.54, 1.807) is 0 Å². The third kappa shape index (κ3) is 3.79. The zero-order chi connectivity index (χ0) is 12.0. The van der Waals surface area contributed by atoms with Gasteiger partial charge in [-0.3, -0.25) is 4.79 Å². The molecule has 2 N–H and O–H groups in total. The van der Waals surface area contributed by atoms with Crippen molar-refractivity contribution in [1.82, 2.24) is 5.32 Å². The Morgan fingerprint density at radius 3 is 2.88 bits per heavy atom. The first-order valence-electron chi connectivity index (χ1n) is 5.27. The van der Waals surface area contributed by atoms with E-state index in [0.29, 0.717) is 6.61 Å². The molecule has 1 fully saturated rings. The fourth-order valence-electron chi connectivity index (χ4n) is 1.59. The lowest BCUT2D eigenvalue weighted by Crippen LogP contribution is -2.44. The van der Waals surface area contributed by atoms with Crippen molar-refractivity contribution < 1.29 is 24.2 Å². The van der Waals surface area contributed by atoms with Crippen molar-refractivity contribution >= 4 is 11.9 Å². The first-order chi connectivity index (χ1) is 7.67. The number of carbonyl (C=O) groups is 2. The van der Waals surface area contributed by atoms with Crippen molar-refractivity contribution in [2.75, 3.05) is 20.3 Å². The normalized spacial score (nSPS) is 21.5. The lowest BCUT2D eigenvalue weighted by molar-refractivity contribution is -0.146. The Morgan fingerprint density at radius 2 is 2.38 bits per heavy atom. The maximum atomic E-state index is 11.5. The van der Waals surface area contributed by atoms with E-state index in [-0.39, 0.29) is 18.4 Å². The Labute approximate surface area is 93.9 Å². The van der Waals surface area contributed by atoms with Gasteiger partial charge in [-0.1, -0.05) is 0 Å². The first-order valence-corrected chi connectivity index (χ1v) is 5.27. The molecule has 1 amide bonds. The molecule has 0 aromatic carbocycles. The Hall–Kier alpha value is -1.14. The summed E-state index contributed by atoms with van der Waals surface area (Å²) in [6, 6.07) is -0.987. The highest BCUT2D eigenvalue weighted by molar-refractivity contribution is 5.84. The second-order valence-electron chi connectivity index (χ2n) is 3.66. The molecule has 6 nitrogen and oxygen atoms in total. The highest BCUT2D eigenvalue weighted by Crippen LogP contribution is 2.14. The molecule has 0 spiro atoms. The molecule has 1 saturated heterocycles. The summed E-state index contributed by atoms with van der Waals surface area (Å²) in [6.45, 7) is 0.211. The highest BCUT2D eigenvalue weighted by Gasteiger charge is 2.24. The van der Waals surface area contributed by atoms with Crippen LogP contribution in [0.15, 0.2) is 0 Å². The van der Waals surface area contributed by atoms with E-state index in [9.17, 15) is 9.59 Å². The topological polar surface area (TPSA) is 84.9 Å². The SMILES string of the molecule is COC(=O)C(CO)NC(=O)CC1CCCO1. The van der Waals surface area contributed by atoms with E-state index in [2.05, 4.69) is 10.1 Å². The quantitative estimate of drug-likeness (QED) is 0.605. The molecule has 1 aliphatic rings. The van der Waals surface area contributed by atoms with Gasteiger partial charge in [0.25, 0.3) is 0 Å². The predicted molar refractivity (Wildman–Crippen MR) is 54.6 cm³/mol. The zero-order valence-corrected chi connectivity index (χ0v) is 9.27. The molecule has 2 unspecified atom stereocenters. The minimum Gasteiger partial charge on any atom is -0.467 e. The minimum absolute atomic E-state index is 0.0722. The lowest BCUT2D eigenvalue weighted by Gasteiger charge is -2.15. The number of nitrogens with one attached hydrogen (secondary N) is 1. The average molecular weight is 231 g/mol. The molecule has 1 rings (SSSR count). The number of aliphatic hydroxyl groups excluding tert-OH is 1. The molecule has 0 bridgehead atoms. The summed E-state index contributed by atoms with van der Waals surface area (Å²) >= 11 is 0. The van der Waals surface area contributed by atoms with Gasteiger partial charge in [0.1, 0.15) is 0 Å².